The second-order valence-electron chi connectivity index (χ2n) is 6.97. The molecule has 118 valence electrons. The number of hydrogen-bond acceptors (Lipinski definition) is 4. The minimum absolute atomic E-state index is 0.150. The number of nitrogens with zero attached hydrogens (tertiary/aromatic N) is 3. The summed E-state index contributed by atoms with van der Waals surface area (Å²) in [5.41, 5.74) is 2.58. The normalized spacial score (nSPS) is 18.1. The zero-order chi connectivity index (χ0) is 15.3. The van der Waals surface area contributed by atoms with Crippen LogP contribution in [-0.4, -0.2) is 53.0 Å². The molecule has 1 aliphatic heterocycles. The van der Waals surface area contributed by atoms with Gasteiger partial charge in [0.2, 0.25) is 0 Å². The molecular formula is C17H30N4. The third-order valence-corrected chi connectivity index (χ3v) is 4.01. The molecule has 0 amide bonds. The second-order valence-corrected chi connectivity index (χ2v) is 6.97. The maximum Gasteiger partial charge on any atom is 0.0544 e. The van der Waals surface area contributed by atoms with Gasteiger partial charge in [0.1, 0.15) is 0 Å². The van der Waals surface area contributed by atoms with Gasteiger partial charge in [-0.3, -0.25) is 9.88 Å². The van der Waals surface area contributed by atoms with Crippen molar-refractivity contribution in [3.05, 3.63) is 29.6 Å². The van der Waals surface area contributed by atoms with Crippen molar-refractivity contribution in [3.63, 3.8) is 0 Å². The molecule has 2 rings (SSSR count). The van der Waals surface area contributed by atoms with Crippen molar-refractivity contribution in [2.24, 2.45) is 0 Å². The van der Waals surface area contributed by atoms with Crippen LogP contribution in [0.3, 0.4) is 0 Å². The molecule has 1 N–H and O–H groups in total. The molecule has 4 nitrogen and oxygen atoms in total. The van der Waals surface area contributed by atoms with Crippen molar-refractivity contribution in [1.29, 1.82) is 0 Å². The molecule has 1 aliphatic rings. The van der Waals surface area contributed by atoms with E-state index >= 15 is 0 Å². The largest absolute Gasteiger partial charge is 0.308 e. The maximum atomic E-state index is 4.62. The summed E-state index contributed by atoms with van der Waals surface area (Å²) >= 11 is 0. The lowest BCUT2D eigenvalue weighted by atomic mass is 10.1. The SMILES string of the molecule is CCN1CCN(Cc2ccc(CNC(C)(C)C)cn2)CC1. The third kappa shape index (κ3) is 5.73. The molecule has 0 radical (unpaired) electrons. The van der Waals surface area contributed by atoms with Crippen LogP contribution in [0.4, 0.5) is 0 Å². The number of rotatable bonds is 5. The summed E-state index contributed by atoms with van der Waals surface area (Å²) < 4.78 is 0. The lowest BCUT2D eigenvalue weighted by Crippen LogP contribution is -2.45. The highest BCUT2D eigenvalue weighted by Crippen LogP contribution is 2.08. The van der Waals surface area contributed by atoms with Gasteiger partial charge < -0.3 is 10.2 Å². The van der Waals surface area contributed by atoms with E-state index in [2.05, 4.69) is 59.9 Å². The first-order valence-corrected chi connectivity index (χ1v) is 8.10. The summed E-state index contributed by atoms with van der Waals surface area (Å²) in [6.45, 7) is 16.5. The summed E-state index contributed by atoms with van der Waals surface area (Å²) in [6, 6.07) is 4.37. The lowest BCUT2D eigenvalue weighted by molar-refractivity contribution is 0.131. The minimum atomic E-state index is 0.150. The molecule has 0 aromatic carbocycles. The highest BCUT2D eigenvalue weighted by molar-refractivity contribution is 5.14. The van der Waals surface area contributed by atoms with Crippen molar-refractivity contribution in [2.75, 3.05) is 32.7 Å². The first kappa shape index (κ1) is 16.4. The quantitative estimate of drug-likeness (QED) is 0.900. The summed E-state index contributed by atoms with van der Waals surface area (Å²) in [7, 11) is 0. The van der Waals surface area contributed by atoms with Gasteiger partial charge in [-0.05, 0) is 38.9 Å². The minimum Gasteiger partial charge on any atom is -0.308 e. The van der Waals surface area contributed by atoms with E-state index < -0.39 is 0 Å². The molecule has 0 bridgehead atoms. The van der Waals surface area contributed by atoms with Gasteiger partial charge in [-0.15, -0.1) is 0 Å². The molecule has 0 atom stereocenters. The molecule has 21 heavy (non-hydrogen) atoms. The van der Waals surface area contributed by atoms with E-state index in [0.29, 0.717) is 0 Å². The number of pyridine rings is 1. The third-order valence-electron chi connectivity index (χ3n) is 4.01. The molecule has 1 aromatic heterocycles. The Morgan fingerprint density at radius 3 is 2.29 bits per heavy atom. The van der Waals surface area contributed by atoms with E-state index in [-0.39, 0.29) is 5.54 Å². The Morgan fingerprint density at radius 2 is 1.76 bits per heavy atom. The van der Waals surface area contributed by atoms with E-state index in [1.807, 2.05) is 6.20 Å². The van der Waals surface area contributed by atoms with E-state index in [0.717, 1.165) is 26.2 Å². The second kappa shape index (κ2) is 7.34. The predicted molar refractivity (Wildman–Crippen MR) is 88.2 cm³/mol. The van der Waals surface area contributed by atoms with E-state index in [9.17, 15) is 0 Å². The topological polar surface area (TPSA) is 31.4 Å². The van der Waals surface area contributed by atoms with E-state index in [1.165, 1.54) is 30.9 Å². The van der Waals surface area contributed by atoms with Gasteiger partial charge >= 0.3 is 0 Å². The van der Waals surface area contributed by atoms with Gasteiger partial charge in [0.25, 0.3) is 0 Å². The van der Waals surface area contributed by atoms with Gasteiger partial charge in [0.15, 0.2) is 0 Å². The number of likely N-dealkylation sites (N-methyl/N-ethyl adjacent to an activating group) is 1. The Hall–Kier alpha value is -0.970. The summed E-state index contributed by atoms with van der Waals surface area (Å²) in [4.78, 5) is 9.62. The highest BCUT2D eigenvalue weighted by atomic mass is 15.3. The zero-order valence-electron chi connectivity index (χ0n) is 14.0. The Labute approximate surface area is 129 Å². The molecule has 0 aliphatic carbocycles. The van der Waals surface area contributed by atoms with Crippen molar-refractivity contribution in [1.82, 2.24) is 20.1 Å². The van der Waals surface area contributed by atoms with Crippen LogP contribution in [-0.2, 0) is 13.1 Å². The monoisotopic (exact) mass is 290 g/mol. The Morgan fingerprint density at radius 1 is 1.10 bits per heavy atom. The first-order valence-electron chi connectivity index (χ1n) is 8.10. The summed E-state index contributed by atoms with van der Waals surface area (Å²) in [5.74, 6) is 0. The smallest absolute Gasteiger partial charge is 0.0544 e. The van der Waals surface area contributed by atoms with Crippen LogP contribution < -0.4 is 5.32 Å². The number of nitrogens with one attached hydrogen (secondary N) is 1. The average molecular weight is 290 g/mol. The molecule has 0 unspecified atom stereocenters. The molecule has 2 heterocycles. The fourth-order valence-corrected chi connectivity index (χ4v) is 2.51. The first-order chi connectivity index (χ1) is 9.96. The average Bonchev–Trinajstić information content (AvgIpc) is 2.46. The predicted octanol–water partition coefficient (Wildman–Crippen LogP) is 2.11. The van der Waals surface area contributed by atoms with Crippen molar-refractivity contribution in [3.8, 4) is 0 Å². The fourth-order valence-electron chi connectivity index (χ4n) is 2.51. The Balaban J connectivity index is 1.80. The van der Waals surface area contributed by atoms with Gasteiger partial charge in [0.05, 0.1) is 5.69 Å². The molecule has 1 aromatic rings. The summed E-state index contributed by atoms with van der Waals surface area (Å²) in [6.07, 6.45) is 2.01. The van der Waals surface area contributed by atoms with Crippen LogP contribution in [0, 0.1) is 0 Å². The maximum absolute atomic E-state index is 4.62. The van der Waals surface area contributed by atoms with E-state index in [4.69, 9.17) is 0 Å². The van der Waals surface area contributed by atoms with Crippen LogP contribution in [0.5, 0.6) is 0 Å². The molecule has 0 saturated carbocycles. The van der Waals surface area contributed by atoms with Crippen LogP contribution in [0.15, 0.2) is 18.3 Å². The molecule has 4 heteroatoms. The van der Waals surface area contributed by atoms with Crippen LogP contribution >= 0.6 is 0 Å². The Bertz CT molecular complexity index is 413. The molecule has 0 spiro atoms. The van der Waals surface area contributed by atoms with Gasteiger partial charge in [-0.2, -0.15) is 0 Å². The van der Waals surface area contributed by atoms with Gasteiger partial charge in [-0.25, -0.2) is 0 Å². The lowest BCUT2D eigenvalue weighted by Gasteiger charge is -2.33. The number of piperazine rings is 1. The van der Waals surface area contributed by atoms with Gasteiger partial charge in [0, 0.05) is 51.0 Å². The van der Waals surface area contributed by atoms with Crippen LogP contribution in [0.1, 0.15) is 39.0 Å². The van der Waals surface area contributed by atoms with Crippen LogP contribution in [0.2, 0.25) is 0 Å². The van der Waals surface area contributed by atoms with E-state index in [1.54, 1.807) is 0 Å². The molecule has 1 saturated heterocycles. The van der Waals surface area contributed by atoms with Crippen molar-refractivity contribution >= 4 is 0 Å². The van der Waals surface area contributed by atoms with Crippen molar-refractivity contribution < 1.29 is 0 Å². The number of aromatic nitrogens is 1. The highest BCUT2D eigenvalue weighted by Gasteiger charge is 2.15. The summed E-state index contributed by atoms with van der Waals surface area (Å²) in [5, 5.41) is 3.49. The standard InChI is InChI=1S/C17H30N4/c1-5-20-8-10-21(11-9-20)14-16-7-6-15(12-18-16)13-19-17(2,3)4/h6-7,12,19H,5,8-11,13-14H2,1-4H3. The molecular weight excluding hydrogens is 260 g/mol. The van der Waals surface area contributed by atoms with Crippen LogP contribution in [0.25, 0.3) is 0 Å². The van der Waals surface area contributed by atoms with Gasteiger partial charge in [-0.1, -0.05) is 13.0 Å². The number of hydrogen-bond donors (Lipinski definition) is 1. The Kier molecular flexibility index (Phi) is 5.73. The fraction of sp³-hybridized carbons (Fsp3) is 0.706. The van der Waals surface area contributed by atoms with Crippen molar-refractivity contribution in [2.45, 2.75) is 46.3 Å². The zero-order valence-corrected chi connectivity index (χ0v) is 14.0. The molecule has 1 fully saturated rings.